The van der Waals surface area contributed by atoms with Gasteiger partial charge >= 0.3 is 442 Å². The van der Waals surface area contributed by atoms with Gasteiger partial charge in [-0.1, -0.05) is 48.5 Å². The summed E-state index contributed by atoms with van der Waals surface area (Å²) in [6, 6.07) is 45.1. The van der Waals surface area contributed by atoms with Crippen molar-refractivity contribution in [2.75, 3.05) is 4.81 Å². The topological polar surface area (TPSA) is 40.1 Å². The fraction of sp³-hybridized carbons (Fsp3) is 0.200. The predicted octanol–water partition coefficient (Wildman–Crippen LogP) is 18.6. The van der Waals surface area contributed by atoms with Crippen molar-refractivity contribution in [2.24, 2.45) is 5.41 Å². The normalized spacial score (nSPS) is 16.3. The van der Waals surface area contributed by atoms with E-state index in [0.717, 1.165) is 38.4 Å². The Balaban J connectivity index is 1.12. The Morgan fingerprint density at radius 3 is 1.99 bits per heavy atom. The van der Waals surface area contributed by atoms with Crippen LogP contribution in [0.3, 0.4) is 0 Å². The van der Waals surface area contributed by atoms with Crippen LogP contribution in [0.1, 0.15) is 113 Å². The molecule has 0 saturated heterocycles. The van der Waals surface area contributed by atoms with Crippen LogP contribution in [0, 0.1) is 35.1 Å². The third-order valence-corrected chi connectivity index (χ3v) is 16.1. The van der Waals surface area contributed by atoms with Gasteiger partial charge < -0.3 is 0 Å². The van der Waals surface area contributed by atoms with Crippen molar-refractivity contribution in [3.05, 3.63) is 244 Å². The molecule has 83 heavy (non-hydrogen) atoms. The summed E-state index contributed by atoms with van der Waals surface area (Å²) in [5.41, 5.74) is 4.10. The summed E-state index contributed by atoms with van der Waals surface area (Å²) in [6.45, 7) is 11.3. The fourth-order valence-corrected chi connectivity index (χ4v) is 12.4. The van der Waals surface area contributed by atoms with Gasteiger partial charge in [0.2, 0.25) is 0 Å². The number of para-hydroxylation sites is 3. The van der Waals surface area contributed by atoms with E-state index in [2.05, 4.69) is 89.6 Å². The molecule has 1 aliphatic rings. The van der Waals surface area contributed by atoms with Crippen molar-refractivity contribution in [3.63, 3.8) is 0 Å². The summed E-state index contributed by atoms with van der Waals surface area (Å²) in [6.07, 6.45) is -2.11. The quantitative estimate of drug-likeness (QED) is 0.101. The molecule has 0 amide bonds. The molecule has 0 saturated carbocycles. The number of benzene rings is 9. The molecule has 0 bridgehead atoms. The standard InChI is InChI=1S/C75H68BN5O.Pt/c1-49-39-57(78-48-79(67-35-23-22-34-66(67)78)70-63(52-26-14-12-15-27-52)41-51(47-73(3,4)5)42-64(70)53-43-54(74(6,7)8)45-55(44-53)75(9,10)11)46-58(40-49)82-72-62(59-30-19-18-25-50(59)2)37-38-69(77-72)80-68-36-24-32-61-60-31-20-21-33-65(60)81(71(61)68)76(80)56-28-16-13-17-29-56;/h12-35,37-45H,47H2,1-11H3;/q-2;/i1D3,2D3,12D,14D,15D,18D,19D,25D,26D,27D,30D,47D2;. The van der Waals surface area contributed by atoms with Gasteiger partial charge in [0.25, 0.3) is 0 Å². The van der Waals surface area contributed by atoms with Gasteiger partial charge in [0.15, 0.2) is 0 Å². The molecule has 0 fully saturated rings. The van der Waals surface area contributed by atoms with E-state index in [1.807, 2.05) is 88.2 Å². The Hall–Kier alpha value is -8.25. The van der Waals surface area contributed by atoms with Gasteiger partial charge in [0.1, 0.15) is 0 Å². The monoisotopic (exact) mass is 1280 g/mol. The Morgan fingerprint density at radius 2 is 1.29 bits per heavy atom. The van der Waals surface area contributed by atoms with E-state index in [4.69, 9.17) is 26.2 Å². The number of pyridine rings is 1. The molecule has 0 unspecified atom stereocenters. The number of hydrogen-bond donors (Lipinski definition) is 0. The third-order valence-electron chi connectivity index (χ3n) is 15.1. The van der Waals surface area contributed by atoms with Gasteiger partial charge in [-0.25, -0.2) is 0 Å². The summed E-state index contributed by atoms with van der Waals surface area (Å²) >= 11 is 2.11. The molecule has 12 aromatic rings. The molecule has 1 aliphatic heterocycles. The summed E-state index contributed by atoms with van der Waals surface area (Å²) in [5.74, 6) is -0.411. The van der Waals surface area contributed by atoms with Gasteiger partial charge in [0.05, 0.1) is 1.37 Å². The van der Waals surface area contributed by atoms with E-state index in [-0.39, 0.29) is 51.0 Å². The van der Waals surface area contributed by atoms with Crippen molar-refractivity contribution in [3.8, 4) is 56.4 Å². The second-order valence-electron chi connectivity index (χ2n) is 24.1. The zero-order valence-electron chi connectivity index (χ0n) is 64.4. The zero-order valence-corrected chi connectivity index (χ0v) is 49.7. The number of aromatic nitrogens is 4. The van der Waals surface area contributed by atoms with Gasteiger partial charge in [-0.05, 0) is 11.5 Å². The van der Waals surface area contributed by atoms with Crippen molar-refractivity contribution < 1.29 is 47.4 Å². The van der Waals surface area contributed by atoms with E-state index in [1.54, 1.807) is 61.7 Å². The summed E-state index contributed by atoms with van der Waals surface area (Å²) < 4.78 is 169. The second-order valence-corrected chi connectivity index (χ2v) is 25.1. The van der Waals surface area contributed by atoms with Gasteiger partial charge in [-0.2, -0.15) is 12.1 Å². The van der Waals surface area contributed by atoms with Crippen LogP contribution in [0.2, 0.25) is 0 Å². The average molecular weight is 1280 g/mol. The van der Waals surface area contributed by atoms with Gasteiger partial charge in [-0.3, -0.25) is 0 Å². The molecular formula is C75H68BN5OPt-2. The Morgan fingerprint density at radius 1 is 0.627 bits per heavy atom. The summed E-state index contributed by atoms with van der Waals surface area (Å²) in [5, 5.41) is 1.94. The van der Waals surface area contributed by atoms with Crippen molar-refractivity contribution in [2.45, 2.75) is 93.2 Å². The second kappa shape index (κ2) is 20.6. The maximum absolute atomic E-state index is 9.92. The molecule has 0 N–H and O–H groups in total. The maximum atomic E-state index is 9.92. The van der Waals surface area contributed by atoms with Crippen LogP contribution in [-0.4, -0.2) is 25.6 Å². The Labute approximate surface area is 524 Å². The van der Waals surface area contributed by atoms with E-state index in [1.165, 1.54) is 18.2 Å². The molecule has 3 aromatic heterocycles. The van der Waals surface area contributed by atoms with Crippen molar-refractivity contribution in [1.82, 2.24) is 18.6 Å². The van der Waals surface area contributed by atoms with Crippen LogP contribution in [0.5, 0.6) is 11.6 Å². The molecule has 6 nitrogen and oxygen atoms in total. The third kappa shape index (κ3) is 9.81. The number of rotatable bonds is 10. The fourth-order valence-electron chi connectivity index (χ4n) is 11.3. The molecular weight excluding hydrogens is 1190 g/mol. The van der Waals surface area contributed by atoms with E-state index >= 15 is 0 Å². The van der Waals surface area contributed by atoms with E-state index in [0.29, 0.717) is 37.3 Å². The Bertz CT molecular complexity index is 5400. The van der Waals surface area contributed by atoms with Crippen LogP contribution in [0.25, 0.3) is 77.6 Å². The number of fused-ring (bicyclic) bond motifs is 4. The number of imidazole rings is 1. The van der Waals surface area contributed by atoms with E-state index in [9.17, 15) is 6.85 Å². The van der Waals surface area contributed by atoms with Crippen LogP contribution < -0.4 is 15.0 Å². The minimum atomic E-state index is -3.13. The zero-order chi connectivity index (χ0) is 72.3. The number of hydrogen-bond acceptors (Lipinski definition) is 3. The molecule has 0 atom stereocenters. The Kier molecular flexibility index (Phi) is 9.36. The molecule has 9 aromatic carbocycles. The number of anilines is 2. The van der Waals surface area contributed by atoms with Crippen LogP contribution in [0.15, 0.2) is 200 Å². The van der Waals surface area contributed by atoms with Crippen LogP contribution >= 0.6 is 0 Å². The van der Waals surface area contributed by atoms with Gasteiger partial charge in [-0.15, -0.1) is 5.39 Å². The average Bonchev–Trinajstić information content (AvgIpc) is 1.51. The minimum absolute atomic E-state index is 0.0821. The SMILES string of the molecule is [2H]c1c([2H])c([2H])c(-c2cc(C([2H])([2H])C(C)(C)C)cc(-c3cc(C(C)(C)C)cc(C(C)(C)C)c3)c2-n2[c](=[Pt])n(-c3[c-]c(Oc4nc(N5B(c6ccccc6)n6c7ccccc7c7cc[c-]c5c76)ccc4-c4c([2H])c([2H])c([2H])c([2H])c4C([2H])([2H])[2H])cc(C([2H])([2H])[2H])c3)c3ccccc32)c([2H])c1[2H]. The first-order valence-corrected chi connectivity index (χ1v) is 28.6. The number of ether oxygens (including phenoxy) is 1. The molecule has 13 rings (SSSR count). The van der Waals surface area contributed by atoms with Crippen LogP contribution in [0.4, 0.5) is 11.5 Å². The van der Waals surface area contributed by atoms with Crippen molar-refractivity contribution in [1.29, 1.82) is 0 Å². The van der Waals surface area contributed by atoms with Crippen molar-refractivity contribution >= 4 is 56.8 Å². The summed E-state index contributed by atoms with van der Waals surface area (Å²) in [4.78, 5) is 7.19. The molecule has 4 heterocycles. The number of nitrogens with zero attached hydrogens (tertiary/aromatic N) is 5. The van der Waals surface area contributed by atoms with E-state index < -0.39 is 109 Å². The first-order valence-electron chi connectivity index (χ1n) is 36.0. The molecule has 0 aliphatic carbocycles. The van der Waals surface area contributed by atoms with Gasteiger partial charge in [0, 0.05) is 5.52 Å². The first-order chi connectivity index (χ1) is 46.7. The number of aryl methyl sites for hydroxylation is 1. The molecule has 414 valence electrons. The van der Waals surface area contributed by atoms with Crippen LogP contribution in [-0.2, 0) is 36.6 Å². The molecule has 0 radical (unpaired) electrons. The molecule has 8 heteroatoms. The molecule has 0 spiro atoms. The predicted molar refractivity (Wildman–Crippen MR) is 343 cm³/mol. The first kappa shape index (κ1) is 37.8. The summed E-state index contributed by atoms with van der Waals surface area (Å²) in [7, 11) is 0.